The minimum absolute atomic E-state index is 0.231. The SMILES string of the molecule is CC1(c2nc3ccc(Br)cc3[nH]2)CCCO1. The van der Waals surface area contributed by atoms with E-state index in [1.807, 2.05) is 18.2 Å². The number of nitrogens with zero attached hydrogens (tertiary/aromatic N) is 1. The highest BCUT2D eigenvalue weighted by Gasteiger charge is 2.34. The van der Waals surface area contributed by atoms with E-state index in [1.165, 1.54) is 0 Å². The van der Waals surface area contributed by atoms with Crippen molar-refractivity contribution in [1.29, 1.82) is 0 Å². The zero-order valence-corrected chi connectivity index (χ0v) is 10.7. The van der Waals surface area contributed by atoms with E-state index in [9.17, 15) is 0 Å². The maximum atomic E-state index is 5.78. The second-order valence-electron chi connectivity index (χ2n) is 4.43. The molecule has 0 spiro atoms. The third-order valence-electron chi connectivity index (χ3n) is 3.16. The van der Waals surface area contributed by atoms with E-state index >= 15 is 0 Å². The van der Waals surface area contributed by atoms with Crippen LogP contribution in [0.4, 0.5) is 0 Å². The van der Waals surface area contributed by atoms with E-state index in [2.05, 4.69) is 32.8 Å². The Balaban J connectivity index is 2.11. The van der Waals surface area contributed by atoms with Crippen LogP contribution >= 0.6 is 15.9 Å². The third-order valence-corrected chi connectivity index (χ3v) is 3.66. The second kappa shape index (κ2) is 3.57. The smallest absolute Gasteiger partial charge is 0.139 e. The number of benzene rings is 1. The van der Waals surface area contributed by atoms with E-state index in [0.29, 0.717) is 0 Å². The first kappa shape index (κ1) is 10.3. The molecule has 0 radical (unpaired) electrons. The monoisotopic (exact) mass is 280 g/mol. The predicted octanol–water partition coefficient (Wildman–Crippen LogP) is 3.35. The van der Waals surface area contributed by atoms with E-state index in [-0.39, 0.29) is 5.60 Å². The van der Waals surface area contributed by atoms with Gasteiger partial charge in [-0.2, -0.15) is 0 Å². The number of nitrogens with one attached hydrogen (secondary N) is 1. The number of aromatic nitrogens is 2. The molecule has 1 saturated heterocycles. The average Bonchev–Trinajstić information content (AvgIpc) is 2.84. The van der Waals surface area contributed by atoms with Gasteiger partial charge < -0.3 is 9.72 Å². The highest BCUT2D eigenvalue weighted by Crippen LogP contribution is 2.34. The summed E-state index contributed by atoms with van der Waals surface area (Å²) in [6, 6.07) is 6.06. The van der Waals surface area contributed by atoms with Gasteiger partial charge >= 0.3 is 0 Å². The molecule has 1 fully saturated rings. The standard InChI is InChI=1S/C12H13BrN2O/c1-12(5-2-6-16-12)11-14-9-4-3-8(13)7-10(9)15-11/h3-4,7H,2,5-6H2,1H3,(H,14,15). The molecule has 1 aliphatic heterocycles. The Morgan fingerprint density at radius 3 is 3.12 bits per heavy atom. The van der Waals surface area contributed by atoms with E-state index in [0.717, 1.165) is 40.8 Å². The van der Waals surface area contributed by atoms with E-state index in [1.54, 1.807) is 0 Å². The van der Waals surface area contributed by atoms with Crippen LogP contribution in [0.15, 0.2) is 22.7 Å². The molecule has 2 aromatic rings. The lowest BCUT2D eigenvalue weighted by Crippen LogP contribution is -2.21. The Morgan fingerprint density at radius 2 is 2.38 bits per heavy atom. The van der Waals surface area contributed by atoms with Gasteiger partial charge in [0.2, 0.25) is 0 Å². The Kier molecular flexibility index (Phi) is 2.30. The van der Waals surface area contributed by atoms with Gasteiger partial charge in [-0.25, -0.2) is 4.98 Å². The summed E-state index contributed by atoms with van der Waals surface area (Å²) in [4.78, 5) is 7.96. The van der Waals surface area contributed by atoms with Crippen molar-refractivity contribution in [3.63, 3.8) is 0 Å². The molecule has 2 heterocycles. The van der Waals surface area contributed by atoms with Gasteiger partial charge in [0.1, 0.15) is 11.4 Å². The fourth-order valence-electron chi connectivity index (χ4n) is 2.20. The summed E-state index contributed by atoms with van der Waals surface area (Å²) in [6.07, 6.45) is 2.14. The van der Waals surface area contributed by atoms with Crippen molar-refractivity contribution in [3.8, 4) is 0 Å². The third kappa shape index (κ3) is 1.57. The molecule has 3 nitrogen and oxygen atoms in total. The summed E-state index contributed by atoms with van der Waals surface area (Å²) in [5.41, 5.74) is 1.82. The molecule has 4 heteroatoms. The molecule has 1 aromatic carbocycles. The van der Waals surface area contributed by atoms with Crippen molar-refractivity contribution in [1.82, 2.24) is 9.97 Å². The lowest BCUT2D eigenvalue weighted by molar-refractivity contribution is 0.0103. The van der Waals surface area contributed by atoms with Crippen LogP contribution in [-0.2, 0) is 10.3 Å². The van der Waals surface area contributed by atoms with Gasteiger partial charge in [0.05, 0.1) is 11.0 Å². The molecule has 0 amide bonds. The average molecular weight is 281 g/mol. The van der Waals surface area contributed by atoms with Crippen LogP contribution in [0.25, 0.3) is 11.0 Å². The van der Waals surface area contributed by atoms with Gasteiger partial charge in [-0.3, -0.25) is 0 Å². The van der Waals surface area contributed by atoms with Crippen LogP contribution in [-0.4, -0.2) is 16.6 Å². The number of aromatic amines is 1. The second-order valence-corrected chi connectivity index (χ2v) is 5.35. The Morgan fingerprint density at radius 1 is 1.50 bits per heavy atom. The summed E-state index contributed by atoms with van der Waals surface area (Å²) in [6.45, 7) is 2.93. The molecule has 1 N–H and O–H groups in total. The lowest BCUT2D eigenvalue weighted by Gasteiger charge is -2.19. The molecule has 1 aromatic heterocycles. The summed E-state index contributed by atoms with van der Waals surface area (Å²) < 4.78 is 6.84. The number of fused-ring (bicyclic) bond motifs is 1. The summed E-state index contributed by atoms with van der Waals surface area (Å²) in [5.74, 6) is 0.943. The van der Waals surface area contributed by atoms with Gasteiger partial charge in [0.25, 0.3) is 0 Å². The van der Waals surface area contributed by atoms with Crippen molar-refractivity contribution in [2.24, 2.45) is 0 Å². The van der Waals surface area contributed by atoms with Crippen molar-refractivity contribution < 1.29 is 4.74 Å². The molecular formula is C12H13BrN2O. The summed E-state index contributed by atoms with van der Waals surface area (Å²) in [5, 5.41) is 0. The number of hydrogen-bond donors (Lipinski definition) is 1. The Bertz CT molecular complexity index is 529. The first-order valence-corrected chi connectivity index (χ1v) is 6.26. The van der Waals surface area contributed by atoms with Crippen LogP contribution in [0.1, 0.15) is 25.6 Å². The fraction of sp³-hybridized carbons (Fsp3) is 0.417. The van der Waals surface area contributed by atoms with Gasteiger partial charge in [-0.05, 0) is 38.0 Å². The number of rotatable bonds is 1. The minimum Gasteiger partial charge on any atom is -0.367 e. The number of imidazole rings is 1. The maximum absolute atomic E-state index is 5.78. The largest absolute Gasteiger partial charge is 0.367 e. The molecular weight excluding hydrogens is 268 g/mol. The summed E-state index contributed by atoms with van der Waals surface area (Å²) in [7, 11) is 0. The van der Waals surface area contributed by atoms with Gasteiger partial charge in [-0.1, -0.05) is 15.9 Å². The van der Waals surface area contributed by atoms with Crippen LogP contribution < -0.4 is 0 Å². The molecule has 0 saturated carbocycles. The van der Waals surface area contributed by atoms with Crippen LogP contribution in [0.3, 0.4) is 0 Å². The molecule has 0 bridgehead atoms. The van der Waals surface area contributed by atoms with Gasteiger partial charge in [0, 0.05) is 11.1 Å². The number of ether oxygens (including phenoxy) is 1. The predicted molar refractivity (Wildman–Crippen MR) is 66.3 cm³/mol. The fourth-order valence-corrected chi connectivity index (χ4v) is 2.56. The number of halogens is 1. The molecule has 0 aliphatic carbocycles. The van der Waals surface area contributed by atoms with Gasteiger partial charge in [-0.15, -0.1) is 0 Å². The van der Waals surface area contributed by atoms with Gasteiger partial charge in [0.15, 0.2) is 0 Å². The first-order chi connectivity index (χ1) is 7.67. The highest BCUT2D eigenvalue weighted by molar-refractivity contribution is 9.10. The topological polar surface area (TPSA) is 37.9 Å². The van der Waals surface area contributed by atoms with E-state index < -0.39 is 0 Å². The lowest BCUT2D eigenvalue weighted by atomic mass is 10.0. The maximum Gasteiger partial charge on any atom is 0.139 e. The van der Waals surface area contributed by atoms with E-state index in [4.69, 9.17) is 4.74 Å². The number of hydrogen-bond acceptors (Lipinski definition) is 2. The van der Waals surface area contributed by atoms with Crippen LogP contribution in [0.5, 0.6) is 0 Å². The zero-order valence-electron chi connectivity index (χ0n) is 9.09. The summed E-state index contributed by atoms with van der Waals surface area (Å²) >= 11 is 3.46. The molecule has 1 aliphatic rings. The minimum atomic E-state index is -0.231. The number of H-pyrrole nitrogens is 1. The molecule has 16 heavy (non-hydrogen) atoms. The van der Waals surface area contributed by atoms with Crippen LogP contribution in [0.2, 0.25) is 0 Å². The molecule has 1 unspecified atom stereocenters. The molecule has 1 atom stereocenters. The normalized spacial score (nSPS) is 25.4. The first-order valence-electron chi connectivity index (χ1n) is 5.47. The molecule has 84 valence electrons. The van der Waals surface area contributed by atoms with Crippen molar-refractivity contribution in [2.45, 2.75) is 25.4 Å². The van der Waals surface area contributed by atoms with Crippen molar-refractivity contribution in [2.75, 3.05) is 6.61 Å². The quantitative estimate of drug-likeness (QED) is 0.870. The Labute approximate surface area is 102 Å². The zero-order chi connectivity index (χ0) is 11.2. The Hall–Kier alpha value is -0.870. The van der Waals surface area contributed by atoms with Crippen molar-refractivity contribution >= 4 is 27.0 Å². The molecule has 3 rings (SSSR count). The highest BCUT2D eigenvalue weighted by atomic mass is 79.9. The van der Waals surface area contributed by atoms with Crippen molar-refractivity contribution in [3.05, 3.63) is 28.5 Å². The van der Waals surface area contributed by atoms with Crippen LogP contribution in [0, 0.1) is 0 Å².